The zero-order valence-corrected chi connectivity index (χ0v) is 13.7. The fraction of sp³-hybridized carbons (Fsp3) is 0.500. The molecular formula is C18H20N2O5. The van der Waals surface area contributed by atoms with Gasteiger partial charge in [-0.15, -0.1) is 0 Å². The third-order valence-corrected chi connectivity index (χ3v) is 5.52. The van der Waals surface area contributed by atoms with Crippen molar-refractivity contribution in [2.45, 2.75) is 50.0 Å². The number of hydrogen-bond acceptors (Lipinski definition) is 4. The second-order valence-corrected chi connectivity index (χ2v) is 7.12. The number of aliphatic carboxylic acids is 1. The number of nitrogens with one attached hydrogen (secondary N) is 1. The molecule has 3 aliphatic rings. The summed E-state index contributed by atoms with van der Waals surface area (Å²) in [6, 6.07) is 3.70. The van der Waals surface area contributed by atoms with Crippen LogP contribution in [0.1, 0.15) is 55.8 Å². The molecular weight excluding hydrogens is 324 g/mol. The number of ketones is 1. The van der Waals surface area contributed by atoms with Gasteiger partial charge in [-0.3, -0.25) is 14.4 Å². The van der Waals surface area contributed by atoms with Gasteiger partial charge in [-0.2, -0.15) is 0 Å². The number of rotatable bonds is 4. The SMILES string of the molecule is O=C(O)CNC(=O)C1=C(O)c2ccc(C3CC3)n2C2(CCCC2)C1=O. The van der Waals surface area contributed by atoms with Crippen LogP contribution in [0.3, 0.4) is 0 Å². The standard InChI is InChI=1S/C18H20N2O5/c21-13(22)9-19-17(25)14-15(23)12-6-5-11(10-3-4-10)20(12)18(16(14)24)7-1-2-8-18/h5-6,10,23H,1-4,7-9H2,(H,19,25)(H,21,22). The summed E-state index contributed by atoms with van der Waals surface area (Å²) >= 11 is 0. The van der Waals surface area contributed by atoms with E-state index in [2.05, 4.69) is 5.32 Å². The third-order valence-electron chi connectivity index (χ3n) is 5.52. The predicted octanol–water partition coefficient (Wildman–Crippen LogP) is 1.69. The smallest absolute Gasteiger partial charge is 0.322 e. The lowest BCUT2D eigenvalue weighted by molar-refractivity contribution is -0.138. The van der Waals surface area contributed by atoms with Crippen LogP contribution in [0.5, 0.6) is 0 Å². The van der Waals surface area contributed by atoms with E-state index in [1.807, 2.05) is 10.6 Å². The molecule has 7 nitrogen and oxygen atoms in total. The lowest BCUT2D eigenvalue weighted by atomic mass is 9.82. The molecule has 0 saturated heterocycles. The van der Waals surface area contributed by atoms with Crippen molar-refractivity contribution in [1.29, 1.82) is 0 Å². The van der Waals surface area contributed by atoms with Crippen LogP contribution in [0, 0.1) is 0 Å². The first-order valence-electron chi connectivity index (χ1n) is 8.66. The molecule has 2 saturated carbocycles. The molecule has 1 amide bonds. The van der Waals surface area contributed by atoms with Crippen molar-refractivity contribution < 1.29 is 24.6 Å². The molecule has 0 unspecified atom stereocenters. The normalized spacial score (nSPS) is 21.5. The Morgan fingerprint density at radius 3 is 2.52 bits per heavy atom. The predicted molar refractivity (Wildman–Crippen MR) is 88.1 cm³/mol. The summed E-state index contributed by atoms with van der Waals surface area (Å²) < 4.78 is 1.96. The van der Waals surface area contributed by atoms with Crippen molar-refractivity contribution in [2.75, 3.05) is 6.54 Å². The van der Waals surface area contributed by atoms with Crippen molar-refractivity contribution in [3.05, 3.63) is 29.1 Å². The van der Waals surface area contributed by atoms with Gasteiger partial charge in [-0.1, -0.05) is 12.8 Å². The summed E-state index contributed by atoms with van der Waals surface area (Å²) in [5, 5.41) is 21.6. The van der Waals surface area contributed by atoms with Gasteiger partial charge in [0, 0.05) is 5.69 Å². The van der Waals surface area contributed by atoms with Crippen molar-refractivity contribution in [1.82, 2.24) is 9.88 Å². The van der Waals surface area contributed by atoms with Gasteiger partial charge < -0.3 is 20.1 Å². The Labute approximate surface area is 144 Å². The second kappa shape index (κ2) is 5.47. The van der Waals surface area contributed by atoms with Gasteiger partial charge in [0.05, 0.1) is 5.69 Å². The Hall–Kier alpha value is -2.57. The number of nitrogens with zero attached hydrogens (tertiary/aromatic N) is 1. The molecule has 3 N–H and O–H groups in total. The molecule has 132 valence electrons. The number of carboxylic acids is 1. The van der Waals surface area contributed by atoms with Gasteiger partial charge in [0.15, 0.2) is 11.5 Å². The first-order chi connectivity index (χ1) is 12.0. The lowest BCUT2D eigenvalue weighted by Gasteiger charge is -2.37. The molecule has 2 fully saturated rings. The van der Waals surface area contributed by atoms with Crippen LogP contribution in [0.4, 0.5) is 0 Å². The minimum atomic E-state index is -1.20. The maximum Gasteiger partial charge on any atom is 0.322 e. The summed E-state index contributed by atoms with van der Waals surface area (Å²) in [6.07, 6.45) is 5.19. The monoisotopic (exact) mass is 344 g/mol. The highest BCUT2D eigenvalue weighted by atomic mass is 16.4. The van der Waals surface area contributed by atoms with Crippen LogP contribution in [0.15, 0.2) is 17.7 Å². The van der Waals surface area contributed by atoms with E-state index in [-0.39, 0.29) is 11.3 Å². The number of aliphatic hydroxyl groups excluding tert-OH is 1. The number of hydrogen-bond donors (Lipinski definition) is 3. The van der Waals surface area contributed by atoms with Crippen molar-refractivity contribution in [3.63, 3.8) is 0 Å². The average molecular weight is 344 g/mol. The number of amides is 1. The van der Waals surface area contributed by atoms with E-state index in [1.165, 1.54) is 0 Å². The van der Waals surface area contributed by atoms with E-state index < -0.39 is 29.7 Å². The third kappa shape index (κ3) is 2.29. The quantitative estimate of drug-likeness (QED) is 0.720. The number of aromatic nitrogens is 1. The van der Waals surface area contributed by atoms with Gasteiger partial charge in [0.2, 0.25) is 0 Å². The van der Waals surface area contributed by atoms with E-state index >= 15 is 0 Å². The summed E-state index contributed by atoms with van der Waals surface area (Å²) in [5.41, 5.74) is 0.417. The number of fused-ring (bicyclic) bond motifs is 2. The highest BCUT2D eigenvalue weighted by Gasteiger charge is 2.52. The fourth-order valence-electron chi connectivity index (χ4n) is 4.25. The van der Waals surface area contributed by atoms with Crippen LogP contribution >= 0.6 is 0 Å². The summed E-state index contributed by atoms with van der Waals surface area (Å²) in [5.74, 6) is -2.36. The van der Waals surface area contributed by atoms with Crippen LogP contribution in [-0.4, -0.2) is 39.0 Å². The molecule has 4 rings (SSSR count). The molecule has 0 radical (unpaired) electrons. The Kier molecular flexibility index (Phi) is 3.49. The van der Waals surface area contributed by atoms with Gasteiger partial charge in [-0.25, -0.2) is 0 Å². The molecule has 1 aromatic rings. The number of aliphatic hydroxyl groups is 1. The van der Waals surface area contributed by atoms with Gasteiger partial charge >= 0.3 is 5.97 Å². The minimum absolute atomic E-state index is 0.309. The first kappa shape index (κ1) is 15.9. The Morgan fingerprint density at radius 2 is 1.92 bits per heavy atom. The molecule has 2 aliphatic carbocycles. The summed E-state index contributed by atoms with van der Waals surface area (Å²) in [7, 11) is 0. The van der Waals surface area contributed by atoms with Crippen LogP contribution in [0.25, 0.3) is 5.76 Å². The Bertz CT molecular complexity index is 809. The van der Waals surface area contributed by atoms with E-state index in [0.717, 1.165) is 31.4 Å². The molecule has 0 bridgehead atoms. The molecule has 0 atom stereocenters. The lowest BCUT2D eigenvalue weighted by Crippen LogP contribution is -2.48. The molecule has 0 aromatic carbocycles. The fourth-order valence-corrected chi connectivity index (χ4v) is 4.25. The molecule has 1 spiro atoms. The Morgan fingerprint density at radius 1 is 1.24 bits per heavy atom. The number of carboxylic acid groups (broad SMARTS) is 1. The summed E-state index contributed by atoms with van der Waals surface area (Å²) in [4.78, 5) is 36.4. The summed E-state index contributed by atoms with van der Waals surface area (Å²) in [6.45, 7) is -0.593. The van der Waals surface area contributed by atoms with Crippen LogP contribution < -0.4 is 5.32 Å². The second-order valence-electron chi connectivity index (χ2n) is 7.12. The van der Waals surface area contributed by atoms with Crippen LogP contribution in [-0.2, 0) is 19.9 Å². The number of carbonyl (C=O) groups is 3. The minimum Gasteiger partial charge on any atom is -0.505 e. The maximum absolute atomic E-state index is 13.3. The van der Waals surface area contributed by atoms with E-state index in [4.69, 9.17) is 5.11 Å². The van der Waals surface area contributed by atoms with E-state index in [9.17, 15) is 19.5 Å². The van der Waals surface area contributed by atoms with Gasteiger partial charge in [0.25, 0.3) is 5.91 Å². The largest absolute Gasteiger partial charge is 0.505 e. The highest BCUT2D eigenvalue weighted by Crippen LogP contribution is 2.50. The van der Waals surface area contributed by atoms with Crippen molar-refractivity contribution >= 4 is 23.4 Å². The molecule has 1 aliphatic heterocycles. The molecule has 1 aromatic heterocycles. The molecule has 25 heavy (non-hydrogen) atoms. The molecule has 7 heteroatoms. The maximum atomic E-state index is 13.3. The van der Waals surface area contributed by atoms with Gasteiger partial charge in [-0.05, 0) is 43.7 Å². The van der Waals surface area contributed by atoms with Crippen LogP contribution in [0.2, 0.25) is 0 Å². The first-order valence-corrected chi connectivity index (χ1v) is 8.66. The zero-order valence-electron chi connectivity index (χ0n) is 13.7. The van der Waals surface area contributed by atoms with Crippen molar-refractivity contribution in [3.8, 4) is 0 Å². The molecule has 2 heterocycles. The topological polar surface area (TPSA) is 109 Å². The van der Waals surface area contributed by atoms with E-state index in [1.54, 1.807) is 6.07 Å². The highest BCUT2D eigenvalue weighted by molar-refractivity contribution is 6.27. The van der Waals surface area contributed by atoms with Crippen molar-refractivity contribution in [2.24, 2.45) is 0 Å². The number of carbonyl (C=O) groups excluding carboxylic acids is 2. The Balaban J connectivity index is 1.83. The average Bonchev–Trinajstić information content (AvgIpc) is 3.12. The van der Waals surface area contributed by atoms with E-state index in [0.29, 0.717) is 24.5 Å². The number of Topliss-reactive ketones (excluding diaryl/α,β-unsaturated/α-hetero) is 1. The van der Waals surface area contributed by atoms with Gasteiger partial charge in [0.1, 0.15) is 17.7 Å². The zero-order chi connectivity index (χ0) is 17.8.